The van der Waals surface area contributed by atoms with Crippen LogP contribution in [0.5, 0.6) is 0 Å². The summed E-state index contributed by atoms with van der Waals surface area (Å²) in [6, 6.07) is 0. The third-order valence-corrected chi connectivity index (χ3v) is 2.06. The van der Waals surface area contributed by atoms with Crippen LogP contribution in [0.1, 0.15) is 40.0 Å². The van der Waals surface area contributed by atoms with E-state index in [-0.39, 0.29) is 5.41 Å². The van der Waals surface area contributed by atoms with Crippen LogP contribution in [0.3, 0.4) is 0 Å². The molecule has 64 valence electrons. The van der Waals surface area contributed by atoms with Gasteiger partial charge in [0.05, 0.1) is 0 Å². The fourth-order valence-corrected chi connectivity index (χ4v) is 1.05. The normalized spacial score (nSPS) is 11.2. The standard InChI is InChI=1S/C9H17NO/c1-4-8(10)9(2,3)6-5-7-11/h7,10H,4-6H2,1-3H3. The summed E-state index contributed by atoms with van der Waals surface area (Å²) in [7, 11) is 0. The van der Waals surface area contributed by atoms with Gasteiger partial charge in [0.2, 0.25) is 0 Å². The van der Waals surface area contributed by atoms with E-state index in [1.807, 2.05) is 20.8 Å². The molecule has 1 N–H and O–H groups in total. The van der Waals surface area contributed by atoms with Crippen molar-refractivity contribution in [3.63, 3.8) is 0 Å². The van der Waals surface area contributed by atoms with Crippen LogP contribution in [-0.2, 0) is 4.79 Å². The van der Waals surface area contributed by atoms with Gasteiger partial charge in [0, 0.05) is 17.5 Å². The van der Waals surface area contributed by atoms with Crippen molar-refractivity contribution >= 4 is 12.0 Å². The number of aldehydes is 1. The van der Waals surface area contributed by atoms with Crippen LogP contribution in [0, 0.1) is 10.8 Å². The molecule has 0 saturated heterocycles. The maximum Gasteiger partial charge on any atom is 0.120 e. The molecule has 0 aliphatic rings. The zero-order valence-corrected chi connectivity index (χ0v) is 7.61. The molecule has 0 amide bonds. The van der Waals surface area contributed by atoms with Gasteiger partial charge in [0.15, 0.2) is 0 Å². The van der Waals surface area contributed by atoms with E-state index in [2.05, 4.69) is 0 Å². The van der Waals surface area contributed by atoms with Crippen molar-refractivity contribution in [1.82, 2.24) is 0 Å². The van der Waals surface area contributed by atoms with Crippen molar-refractivity contribution in [1.29, 1.82) is 5.41 Å². The van der Waals surface area contributed by atoms with Crippen LogP contribution in [0.4, 0.5) is 0 Å². The third kappa shape index (κ3) is 3.30. The minimum absolute atomic E-state index is 0.0876. The van der Waals surface area contributed by atoms with Gasteiger partial charge in [-0.3, -0.25) is 0 Å². The van der Waals surface area contributed by atoms with Crippen molar-refractivity contribution in [2.75, 3.05) is 0 Å². The predicted molar refractivity (Wildman–Crippen MR) is 47.1 cm³/mol. The molecule has 0 saturated carbocycles. The minimum Gasteiger partial charge on any atom is -0.309 e. The van der Waals surface area contributed by atoms with Gasteiger partial charge in [0.1, 0.15) is 6.29 Å². The Balaban J connectivity index is 3.97. The minimum atomic E-state index is -0.0876. The van der Waals surface area contributed by atoms with E-state index >= 15 is 0 Å². The summed E-state index contributed by atoms with van der Waals surface area (Å²) in [6.45, 7) is 6.01. The van der Waals surface area contributed by atoms with Crippen LogP contribution >= 0.6 is 0 Å². The van der Waals surface area contributed by atoms with Gasteiger partial charge in [-0.25, -0.2) is 0 Å². The first-order valence-corrected chi connectivity index (χ1v) is 4.06. The molecule has 11 heavy (non-hydrogen) atoms. The Labute approximate surface area is 68.5 Å². The van der Waals surface area contributed by atoms with Crippen LogP contribution in [0.2, 0.25) is 0 Å². The number of rotatable bonds is 5. The molecular weight excluding hydrogens is 138 g/mol. The molecule has 0 atom stereocenters. The number of carbonyl (C=O) groups excluding carboxylic acids is 1. The molecular formula is C9H17NO. The molecule has 0 aromatic heterocycles. The summed E-state index contributed by atoms with van der Waals surface area (Å²) >= 11 is 0. The van der Waals surface area contributed by atoms with E-state index < -0.39 is 0 Å². The summed E-state index contributed by atoms with van der Waals surface area (Å²) in [5.41, 5.74) is 0.648. The molecule has 2 heteroatoms. The molecule has 0 fully saturated rings. The van der Waals surface area contributed by atoms with Crippen LogP contribution in [0.25, 0.3) is 0 Å². The Morgan fingerprint density at radius 3 is 2.45 bits per heavy atom. The van der Waals surface area contributed by atoms with Gasteiger partial charge in [0.25, 0.3) is 0 Å². The summed E-state index contributed by atoms with van der Waals surface area (Å²) in [5, 5.41) is 7.60. The van der Waals surface area contributed by atoms with Crippen LogP contribution in [-0.4, -0.2) is 12.0 Å². The highest BCUT2D eigenvalue weighted by atomic mass is 16.1. The lowest BCUT2D eigenvalue weighted by atomic mass is 9.82. The summed E-state index contributed by atoms with van der Waals surface area (Å²) in [6.07, 6.45) is 3.06. The average Bonchev–Trinajstić information content (AvgIpc) is 1.99. The topological polar surface area (TPSA) is 40.9 Å². The highest BCUT2D eigenvalue weighted by Crippen LogP contribution is 2.24. The van der Waals surface area contributed by atoms with Gasteiger partial charge in [-0.15, -0.1) is 0 Å². The first kappa shape index (κ1) is 10.3. The Hall–Kier alpha value is -0.660. The highest BCUT2D eigenvalue weighted by molar-refractivity contribution is 5.86. The smallest absolute Gasteiger partial charge is 0.120 e. The van der Waals surface area contributed by atoms with E-state index in [1.165, 1.54) is 0 Å². The van der Waals surface area contributed by atoms with E-state index in [9.17, 15) is 4.79 Å². The van der Waals surface area contributed by atoms with Crippen LogP contribution < -0.4 is 0 Å². The highest BCUT2D eigenvalue weighted by Gasteiger charge is 2.21. The molecule has 2 nitrogen and oxygen atoms in total. The fraction of sp³-hybridized carbons (Fsp3) is 0.778. The maximum atomic E-state index is 10.1. The lowest BCUT2D eigenvalue weighted by molar-refractivity contribution is -0.108. The average molecular weight is 155 g/mol. The van der Waals surface area contributed by atoms with Gasteiger partial charge >= 0.3 is 0 Å². The number of nitrogens with one attached hydrogen (secondary N) is 1. The molecule has 0 aromatic carbocycles. The molecule has 0 radical (unpaired) electrons. The van der Waals surface area contributed by atoms with E-state index in [1.54, 1.807) is 0 Å². The second-order valence-electron chi connectivity index (χ2n) is 3.42. The maximum absolute atomic E-state index is 10.1. The first-order chi connectivity index (χ1) is 5.04. The van der Waals surface area contributed by atoms with Crippen molar-refractivity contribution in [2.45, 2.75) is 40.0 Å². The predicted octanol–water partition coefficient (Wildman–Crippen LogP) is 2.42. The van der Waals surface area contributed by atoms with Crippen molar-refractivity contribution in [2.24, 2.45) is 5.41 Å². The van der Waals surface area contributed by atoms with Gasteiger partial charge in [-0.2, -0.15) is 0 Å². The Morgan fingerprint density at radius 1 is 1.55 bits per heavy atom. The zero-order valence-electron chi connectivity index (χ0n) is 7.61. The molecule has 0 spiro atoms. The Kier molecular flexibility index (Phi) is 4.01. The Morgan fingerprint density at radius 2 is 2.09 bits per heavy atom. The van der Waals surface area contributed by atoms with E-state index in [0.29, 0.717) is 6.42 Å². The Bertz CT molecular complexity index is 150. The lowest BCUT2D eigenvalue weighted by Gasteiger charge is -2.23. The summed E-state index contributed by atoms with van der Waals surface area (Å²) in [4.78, 5) is 10.1. The van der Waals surface area contributed by atoms with Gasteiger partial charge in [-0.1, -0.05) is 20.8 Å². The molecule has 0 heterocycles. The van der Waals surface area contributed by atoms with Crippen LogP contribution in [0.15, 0.2) is 0 Å². The molecule has 0 bridgehead atoms. The van der Waals surface area contributed by atoms with Gasteiger partial charge in [-0.05, 0) is 12.8 Å². The van der Waals surface area contributed by atoms with Gasteiger partial charge < -0.3 is 10.2 Å². The molecule has 0 aromatic rings. The molecule has 0 aliphatic carbocycles. The third-order valence-electron chi connectivity index (χ3n) is 2.06. The number of hydrogen-bond donors (Lipinski definition) is 1. The summed E-state index contributed by atoms with van der Waals surface area (Å²) in [5.74, 6) is 0. The first-order valence-electron chi connectivity index (χ1n) is 4.06. The quantitative estimate of drug-likeness (QED) is 0.480. The second kappa shape index (κ2) is 4.27. The summed E-state index contributed by atoms with van der Waals surface area (Å²) < 4.78 is 0. The second-order valence-corrected chi connectivity index (χ2v) is 3.42. The lowest BCUT2D eigenvalue weighted by Crippen LogP contribution is -2.22. The van der Waals surface area contributed by atoms with E-state index in [0.717, 1.165) is 24.8 Å². The van der Waals surface area contributed by atoms with Crippen molar-refractivity contribution < 1.29 is 4.79 Å². The molecule has 0 aliphatic heterocycles. The number of carbonyl (C=O) groups is 1. The number of hydrogen-bond acceptors (Lipinski definition) is 2. The van der Waals surface area contributed by atoms with E-state index in [4.69, 9.17) is 5.41 Å². The van der Waals surface area contributed by atoms with Crippen molar-refractivity contribution in [3.05, 3.63) is 0 Å². The fourth-order valence-electron chi connectivity index (χ4n) is 1.05. The zero-order chi connectivity index (χ0) is 8.91. The molecule has 0 unspecified atom stereocenters. The largest absolute Gasteiger partial charge is 0.309 e. The molecule has 0 rings (SSSR count). The monoisotopic (exact) mass is 155 g/mol. The van der Waals surface area contributed by atoms with Crippen molar-refractivity contribution in [3.8, 4) is 0 Å². The SMILES string of the molecule is CCC(=N)C(C)(C)CCC=O.